The minimum absolute atomic E-state index is 0.325. The molecule has 3 heteroatoms. The van der Waals surface area contributed by atoms with E-state index < -0.39 is 0 Å². The van der Waals surface area contributed by atoms with Crippen LogP contribution in [0.2, 0.25) is 0 Å². The van der Waals surface area contributed by atoms with Gasteiger partial charge < -0.3 is 10.5 Å². The molecule has 0 aromatic heterocycles. The van der Waals surface area contributed by atoms with E-state index in [4.69, 9.17) is 10.5 Å². The number of benzene rings is 1. The van der Waals surface area contributed by atoms with Gasteiger partial charge in [-0.15, -0.1) is 0 Å². The molecule has 1 aromatic carbocycles. The standard InChI is InChI=1S/C13H20N2O/c1-10-7-15(9-13(10)14)8-11-4-3-5-12(6-11)16-2/h3-6,10,13H,7-9,14H2,1-2H3. The van der Waals surface area contributed by atoms with Gasteiger partial charge in [0.25, 0.3) is 0 Å². The number of likely N-dealkylation sites (tertiary alicyclic amines) is 1. The molecule has 0 saturated carbocycles. The molecule has 1 aromatic rings. The number of methoxy groups -OCH3 is 1. The summed E-state index contributed by atoms with van der Waals surface area (Å²) in [5.41, 5.74) is 7.30. The summed E-state index contributed by atoms with van der Waals surface area (Å²) < 4.78 is 5.22. The summed E-state index contributed by atoms with van der Waals surface area (Å²) >= 11 is 0. The quantitative estimate of drug-likeness (QED) is 0.838. The highest BCUT2D eigenvalue weighted by atomic mass is 16.5. The number of ether oxygens (including phenoxy) is 1. The first-order chi connectivity index (χ1) is 7.69. The lowest BCUT2D eigenvalue weighted by atomic mass is 10.1. The SMILES string of the molecule is COc1cccc(CN2CC(C)C(N)C2)c1. The van der Waals surface area contributed by atoms with E-state index in [0.29, 0.717) is 12.0 Å². The van der Waals surface area contributed by atoms with Gasteiger partial charge in [-0.2, -0.15) is 0 Å². The Bertz CT molecular complexity index is 344. The molecule has 16 heavy (non-hydrogen) atoms. The van der Waals surface area contributed by atoms with E-state index >= 15 is 0 Å². The summed E-state index contributed by atoms with van der Waals surface area (Å²) in [6.07, 6.45) is 0. The second kappa shape index (κ2) is 4.85. The maximum Gasteiger partial charge on any atom is 0.119 e. The summed E-state index contributed by atoms with van der Waals surface area (Å²) in [6, 6.07) is 8.56. The number of nitrogens with two attached hydrogens (primary N) is 1. The zero-order valence-corrected chi connectivity index (χ0v) is 10.0. The van der Waals surface area contributed by atoms with Crippen molar-refractivity contribution in [3.63, 3.8) is 0 Å². The van der Waals surface area contributed by atoms with Crippen LogP contribution in [0.5, 0.6) is 5.75 Å². The summed E-state index contributed by atoms with van der Waals surface area (Å²) in [4.78, 5) is 2.41. The Morgan fingerprint density at radius 1 is 1.44 bits per heavy atom. The highest BCUT2D eigenvalue weighted by Gasteiger charge is 2.26. The average Bonchev–Trinajstić information content (AvgIpc) is 2.58. The fraction of sp³-hybridized carbons (Fsp3) is 0.538. The van der Waals surface area contributed by atoms with Crippen LogP contribution in [-0.2, 0) is 6.54 Å². The van der Waals surface area contributed by atoms with E-state index in [9.17, 15) is 0 Å². The molecular formula is C13H20N2O. The van der Waals surface area contributed by atoms with Crippen molar-refractivity contribution in [1.82, 2.24) is 4.90 Å². The third-order valence-electron chi connectivity index (χ3n) is 3.29. The van der Waals surface area contributed by atoms with Gasteiger partial charge in [0.15, 0.2) is 0 Å². The monoisotopic (exact) mass is 220 g/mol. The van der Waals surface area contributed by atoms with Crippen molar-refractivity contribution < 1.29 is 4.74 Å². The highest BCUT2D eigenvalue weighted by molar-refractivity contribution is 5.28. The number of hydrogen-bond donors (Lipinski definition) is 1. The Hall–Kier alpha value is -1.06. The van der Waals surface area contributed by atoms with Crippen molar-refractivity contribution in [2.24, 2.45) is 11.7 Å². The van der Waals surface area contributed by atoms with Crippen LogP contribution in [-0.4, -0.2) is 31.1 Å². The van der Waals surface area contributed by atoms with Gasteiger partial charge in [0.1, 0.15) is 5.75 Å². The topological polar surface area (TPSA) is 38.5 Å². The predicted octanol–water partition coefficient (Wildman–Crippen LogP) is 1.47. The first-order valence-corrected chi connectivity index (χ1v) is 5.80. The molecule has 0 spiro atoms. The van der Waals surface area contributed by atoms with Gasteiger partial charge in [-0.3, -0.25) is 4.90 Å². The van der Waals surface area contributed by atoms with Crippen molar-refractivity contribution in [3.8, 4) is 5.75 Å². The molecule has 2 rings (SSSR count). The molecule has 1 saturated heterocycles. The largest absolute Gasteiger partial charge is 0.497 e. The van der Waals surface area contributed by atoms with E-state index in [2.05, 4.69) is 24.0 Å². The van der Waals surface area contributed by atoms with Crippen LogP contribution in [0.25, 0.3) is 0 Å². The van der Waals surface area contributed by atoms with E-state index in [1.807, 2.05) is 12.1 Å². The zero-order valence-electron chi connectivity index (χ0n) is 10.0. The molecule has 1 fully saturated rings. The zero-order chi connectivity index (χ0) is 11.5. The van der Waals surface area contributed by atoms with Crippen LogP contribution >= 0.6 is 0 Å². The number of hydrogen-bond acceptors (Lipinski definition) is 3. The molecule has 2 atom stereocenters. The van der Waals surface area contributed by atoms with Crippen LogP contribution in [0.4, 0.5) is 0 Å². The lowest BCUT2D eigenvalue weighted by Crippen LogP contribution is -2.28. The molecule has 3 nitrogen and oxygen atoms in total. The third kappa shape index (κ3) is 2.54. The van der Waals surface area contributed by atoms with Crippen molar-refractivity contribution in [1.29, 1.82) is 0 Å². The van der Waals surface area contributed by atoms with Crippen molar-refractivity contribution in [3.05, 3.63) is 29.8 Å². The minimum Gasteiger partial charge on any atom is -0.497 e. The fourth-order valence-electron chi connectivity index (χ4n) is 2.25. The van der Waals surface area contributed by atoms with Crippen LogP contribution < -0.4 is 10.5 Å². The van der Waals surface area contributed by atoms with Gasteiger partial charge in [-0.25, -0.2) is 0 Å². The summed E-state index contributed by atoms with van der Waals surface area (Å²) in [5.74, 6) is 1.53. The molecule has 2 N–H and O–H groups in total. The van der Waals surface area contributed by atoms with Gasteiger partial charge in [0.05, 0.1) is 7.11 Å². The Morgan fingerprint density at radius 3 is 2.88 bits per heavy atom. The van der Waals surface area contributed by atoms with Gasteiger partial charge >= 0.3 is 0 Å². The maximum absolute atomic E-state index is 6.01. The molecule has 2 unspecified atom stereocenters. The van der Waals surface area contributed by atoms with E-state index in [1.54, 1.807) is 7.11 Å². The van der Waals surface area contributed by atoms with Crippen LogP contribution in [0.3, 0.4) is 0 Å². The van der Waals surface area contributed by atoms with Crippen molar-refractivity contribution in [2.75, 3.05) is 20.2 Å². The van der Waals surface area contributed by atoms with Gasteiger partial charge in [0.2, 0.25) is 0 Å². The Morgan fingerprint density at radius 2 is 2.25 bits per heavy atom. The lowest BCUT2D eigenvalue weighted by Gasteiger charge is -2.15. The molecular weight excluding hydrogens is 200 g/mol. The number of nitrogens with zero attached hydrogens (tertiary/aromatic N) is 1. The first-order valence-electron chi connectivity index (χ1n) is 5.80. The van der Waals surface area contributed by atoms with Crippen LogP contribution in [0, 0.1) is 5.92 Å². The minimum atomic E-state index is 0.325. The average molecular weight is 220 g/mol. The molecule has 0 aliphatic carbocycles. The molecule has 0 amide bonds. The normalized spacial score (nSPS) is 25.9. The van der Waals surface area contributed by atoms with Crippen molar-refractivity contribution in [2.45, 2.75) is 19.5 Å². The molecule has 0 radical (unpaired) electrons. The molecule has 1 aliphatic heterocycles. The van der Waals surface area contributed by atoms with Crippen molar-refractivity contribution >= 4 is 0 Å². The second-order valence-electron chi connectivity index (χ2n) is 4.69. The predicted molar refractivity (Wildman–Crippen MR) is 65.4 cm³/mol. The molecule has 88 valence electrons. The van der Waals surface area contributed by atoms with Gasteiger partial charge in [-0.05, 0) is 23.6 Å². The first kappa shape index (κ1) is 11.4. The number of rotatable bonds is 3. The Balaban J connectivity index is 1.99. The van der Waals surface area contributed by atoms with Gasteiger partial charge in [0, 0.05) is 25.7 Å². The van der Waals surface area contributed by atoms with E-state index in [0.717, 1.165) is 25.4 Å². The molecule has 1 aliphatic rings. The Labute approximate surface area is 97.2 Å². The summed E-state index contributed by atoms with van der Waals surface area (Å²) in [6.45, 7) is 5.28. The Kier molecular flexibility index (Phi) is 3.46. The highest BCUT2D eigenvalue weighted by Crippen LogP contribution is 2.19. The molecule has 0 bridgehead atoms. The lowest BCUT2D eigenvalue weighted by molar-refractivity contribution is 0.318. The van der Waals surface area contributed by atoms with E-state index in [-0.39, 0.29) is 0 Å². The van der Waals surface area contributed by atoms with Crippen LogP contribution in [0.15, 0.2) is 24.3 Å². The fourth-order valence-corrected chi connectivity index (χ4v) is 2.25. The summed E-state index contributed by atoms with van der Waals surface area (Å²) in [7, 11) is 1.70. The molecule has 1 heterocycles. The van der Waals surface area contributed by atoms with Crippen LogP contribution in [0.1, 0.15) is 12.5 Å². The smallest absolute Gasteiger partial charge is 0.119 e. The maximum atomic E-state index is 6.01. The third-order valence-corrected chi connectivity index (χ3v) is 3.29. The van der Waals surface area contributed by atoms with Gasteiger partial charge in [-0.1, -0.05) is 19.1 Å². The summed E-state index contributed by atoms with van der Waals surface area (Å²) in [5, 5.41) is 0. The van der Waals surface area contributed by atoms with E-state index in [1.165, 1.54) is 5.56 Å². The second-order valence-corrected chi connectivity index (χ2v) is 4.69.